The molecule has 66 heavy (non-hydrogen) atoms. The van der Waals surface area contributed by atoms with E-state index >= 15 is 0 Å². The number of nitrogens with one attached hydrogen (secondary N) is 2. The highest BCUT2D eigenvalue weighted by molar-refractivity contribution is 5.98. The first-order chi connectivity index (χ1) is 32.0. The van der Waals surface area contributed by atoms with E-state index in [1.54, 1.807) is 59.5 Å². The van der Waals surface area contributed by atoms with Crippen molar-refractivity contribution in [3.8, 4) is 5.75 Å². The Morgan fingerprint density at radius 1 is 0.803 bits per heavy atom. The van der Waals surface area contributed by atoms with Crippen LogP contribution in [0.1, 0.15) is 81.9 Å². The summed E-state index contributed by atoms with van der Waals surface area (Å²) in [4.78, 5) is 58.9. The van der Waals surface area contributed by atoms with Gasteiger partial charge in [-0.05, 0) is 89.9 Å². The second-order valence-corrected chi connectivity index (χ2v) is 17.3. The van der Waals surface area contributed by atoms with Crippen LogP contribution in [0.3, 0.4) is 0 Å². The molecule has 12 nitrogen and oxygen atoms in total. The molecular weight excluding hydrogens is 833 g/mol. The molecule has 8 rings (SSSR count). The van der Waals surface area contributed by atoms with E-state index in [9.17, 15) is 34.5 Å². The SMILES string of the molecule is O=C(CCC(=O)N1CC=C(c2cccc([C@](O)(C(=O)OCC3CCN(Cc4ccccc4)CC3)c3ccccc3)c2)CC1)c1ccc(CNC[C@H](O)c2ccc(O)c3[nH]c(=O)ccc23)cc1. The molecule has 0 unspecified atom stereocenters. The van der Waals surface area contributed by atoms with Crippen LogP contribution in [0.5, 0.6) is 5.75 Å². The maximum absolute atomic E-state index is 14.0. The summed E-state index contributed by atoms with van der Waals surface area (Å²) in [6, 6.07) is 39.8. The van der Waals surface area contributed by atoms with Crippen LogP contribution >= 0.6 is 0 Å². The number of fused-ring (bicyclic) bond motifs is 1. The molecule has 2 atom stereocenters. The number of likely N-dealkylation sites (tertiary alicyclic amines) is 1. The first-order valence-electron chi connectivity index (χ1n) is 22.7. The molecule has 0 spiro atoms. The number of ketones is 1. The fourth-order valence-electron chi connectivity index (χ4n) is 8.98. The molecule has 340 valence electrons. The first-order valence-corrected chi connectivity index (χ1v) is 22.7. The molecule has 1 amide bonds. The third-order valence-electron chi connectivity index (χ3n) is 12.9. The van der Waals surface area contributed by atoms with Crippen LogP contribution in [-0.2, 0) is 33.0 Å². The van der Waals surface area contributed by atoms with E-state index in [0.717, 1.165) is 49.2 Å². The lowest BCUT2D eigenvalue weighted by molar-refractivity contribution is -0.164. The maximum Gasteiger partial charge on any atom is 0.347 e. The number of hydrogen-bond donors (Lipinski definition) is 5. The van der Waals surface area contributed by atoms with Crippen molar-refractivity contribution in [1.82, 2.24) is 20.1 Å². The third kappa shape index (κ3) is 10.9. The number of aromatic nitrogens is 1. The average molecular weight is 889 g/mol. The molecule has 5 N–H and O–H groups in total. The minimum Gasteiger partial charge on any atom is -0.506 e. The molecule has 1 saturated heterocycles. The Balaban J connectivity index is 0.816. The molecule has 0 saturated carbocycles. The Bertz CT molecular complexity index is 2730. The average Bonchev–Trinajstić information content (AvgIpc) is 3.36. The van der Waals surface area contributed by atoms with Crippen LogP contribution in [0.2, 0.25) is 0 Å². The van der Waals surface area contributed by atoms with Crippen molar-refractivity contribution in [2.45, 2.75) is 56.9 Å². The fourth-order valence-corrected chi connectivity index (χ4v) is 8.98. The summed E-state index contributed by atoms with van der Waals surface area (Å²) in [6.45, 7) is 4.45. The highest BCUT2D eigenvalue weighted by atomic mass is 16.5. The number of carbonyl (C=O) groups excluding carboxylic acids is 3. The second-order valence-electron chi connectivity index (χ2n) is 17.3. The molecule has 1 fully saturated rings. The zero-order valence-corrected chi connectivity index (χ0v) is 36.9. The summed E-state index contributed by atoms with van der Waals surface area (Å²) in [5.41, 5.74) is 3.85. The lowest BCUT2D eigenvalue weighted by Gasteiger charge is -2.33. The lowest BCUT2D eigenvalue weighted by atomic mass is 9.84. The van der Waals surface area contributed by atoms with E-state index in [0.29, 0.717) is 53.7 Å². The van der Waals surface area contributed by atoms with Crippen LogP contribution in [0.4, 0.5) is 0 Å². The summed E-state index contributed by atoms with van der Waals surface area (Å²) >= 11 is 0. The van der Waals surface area contributed by atoms with Crippen molar-refractivity contribution in [3.05, 3.63) is 189 Å². The van der Waals surface area contributed by atoms with Crippen molar-refractivity contribution in [2.75, 3.05) is 39.3 Å². The van der Waals surface area contributed by atoms with Gasteiger partial charge in [0.1, 0.15) is 5.75 Å². The highest BCUT2D eigenvalue weighted by Gasteiger charge is 2.42. The van der Waals surface area contributed by atoms with Crippen LogP contribution in [0, 0.1) is 5.92 Å². The number of aromatic hydroxyl groups is 1. The Morgan fingerprint density at radius 3 is 2.26 bits per heavy atom. The number of Topliss-reactive ketones (excluding diaryl/α,β-unsaturated/α-hetero) is 1. The summed E-state index contributed by atoms with van der Waals surface area (Å²) in [6.07, 6.45) is 3.63. The predicted molar refractivity (Wildman–Crippen MR) is 253 cm³/mol. The monoisotopic (exact) mass is 888 g/mol. The lowest BCUT2D eigenvalue weighted by Crippen LogP contribution is -2.40. The standard InChI is InChI=1S/C54H56N4O8/c59-47(41-16-14-37(15-17-41)33-55-34-49(61)45-18-20-48(60)52-46(45)19-22-50(62)56-52)21-23-51(63)58-30-26-40(27-31-58)42-10-7-13-44(32-42)54(65,43-11-5-2-6-12-43)53(64)66-36-39-24-28-57(29-25-39)35-38-8-3-1-4-9-38/h1-20,22,26,32,39,49,55,60-61,65H,21,23-25,27-31,33-36H2,(H,56,62)/t49-,54-/m0/s1. The van der Waals surface area contributed by atoms with Crippen LogP contribution < -0.4 is 10.9 Å². The minimum absolute atomic E-state index is 0.0726. The highest BCUT2D eigenvalue weighted by Crippen LogP contribution is 2.35. The molecule has 12 heteroatoms. The van der Waals surface area contributed by atoms with Gasteiger partial charge in [-0.25, -0.2) is 4.79 Å². The molecule has 5 aromatic carbocycles. The number of aliphatic hydroxyl groups is 2. The van der Waals surface area contributed by atoms with Gasteiger partial charge in [0.05, 0.1) is 18.2 Å². The Labute approximate surface area is 384 Å². The molecule has 2 aliphatic rings. The normalized spacial score (nSPS) is 16.0. The van der Waals surface area contributed by atoms with Gasteiger partial charge in [-0.2, -0.15) is 0 Å². The number of phenols is 1. The molecule has 2 aliphatic heterocycles. The van der Waals surface area contributed by atoms with Crippen molar-refractivity contribution >= 4 is 34.1 Å². The van der Waals surface area contributed by atoms with Crippen molar-refractivity contribution < 1.29 is 34.4 Å². The number of phenolic OH excluding ortho intramolecular Hbond substituents is 1. The van der Waals surface area contributed by atoms with Gasteiger partial charge in [0.2, 0.25) is 17.1 Å². The number of ether oxygens (including phenoxy) is 1. The van der Waals surface area contributed by atoms with Crippen molar-refractivity contribution in [2.24, 2.45) is 5.92 Å². The number of aromatic amines is 1. The largest absolute Gasteiger partial charge is 0.506 e. The van der Waals surface area contributed by atoms with Crippen LogP contribution in [0.25, 0.3) is 16.5 Å². The number of H-pyrrole nitrogens is 1. The summed E-state index contributed by atoms with van der Waals surface area (Å²) in [5.74, 6) is -0.812. The quantitative estimate of drug-likeness (QED) is 0.0473. The van der Waals surface area contributed by atoms with Crippen molar-refractivity contribution in [1.29, 1.82) is 0 Å². The molecule has 0 radical (unpaired) electrons. The molecule has 0 bridgehead atoms. The number of aliphatic hydroxyl groups excluding tert-OH is 1. The van der Waals surface area contributed by atoms with Gasteiger partial charge >= 0.3 is 5.97 Å². The number of esters is 1. The Morgan fingerprint density at radius 2 is 1.53 bits per heavy atom. The fraction of sp³-hybridized carbons (Fsp3) is 0.296. The van der Waals surface area contributed by atoms with Gasteiger partial charge in [0.15, 0.2) is 5.78 Å². The molecular formula is C54H56N4O8. The number of carbonyl (C=O) groups is 3. The maximum atomic E-state index is 14.0. The van der Waals surface area contributed by atoms with Gasteiger partial charge in [0.25, 0.3) is 0 Å². The van der Waals surface area contributed by atoms with Crippen molar-refractivity contribution in [3.63, 3.8) is 0 Å². The topological polar surface area (TPSA) is 172 Å². The Hall–Kier alpha value is -6.70. The number of benzene rings is 5. The van der Waals surface area contributed by atoms with Gasteiger partial charge < -0.3 is 35.3 Å². The van der Waals surface area contributed by atoms with E-state index in [-0.39, 0.29) is 60.4 Å². The molecule has 3 heterocycles. The summed E-state index contributed by atoms with van der Waals surface area (Å²) in [5, 5.41) is 37.1. The number of piperidine rings is 1. The minimum atomic E-state index is -2.02. The van der Waals surface area contributed by atoms with Crippen LogP contribution in [-0.4, -0.2) is 87.1 Å². The zero-order chi connectivity index (χ0) is 46.0. The van der Waals surface area contributed by atoms with E-state index in [1.807, 2.05) is 48.5 Å². The van der Waals surface area contributed by atoms with Gasteiger partial charge in [-0.3, -0.25) is 19.3 Å². The number of amides is 1. The zero-order valence-electron chi connectivity index (χ0n) is 36.9. The van der Waals surface area contributed by atoms with E-state index in [4.69, 9.17) is 4.74 Å². The van der Waals surface area contributed by atoms with E-state index in [2.05, 4.69) is 39.5 Å². The molecule has 0 aliphatic carbocycles. The number of rotatable bonds is 17. The van der Waals surface area contributed by atoms with E-state index < -0.39 is 17.7 Å². The smallest absolute Gasteiger partial charge is 0.347 e. The second kappa shape index (κ2) is 21.1. The van der Waals surface area contributed by atoms with Gasteiger partial charge in [-0.15, -0.1) is 0 Å². The molecule has 6 aromatic rings. The van der Waals surface area contributed by atoms with E-state index in [1.165, 1.54) is 17.7 Å². The number of pyridine rings is 1. The van der Waals surface area contributed by atoms with Gasteiger partial charge in [-0.1, -0.05) is 115 Å². The number of hydrogen-bond acceptors (Lipinski definition) is 10. The summed E-state index contributed by atoms with van der Waals surface area (Å²) < 4.78 is 5.94. The third-order valence-corrected chi connectivity index (χ3v) is 12.9. The number of nitrogens with zero attached hydrogens (tertiary/aromatic N) is 2. The van der Waals surface area contributed by atoms with Crippen LogP contribution in [0.15, 0.2) is 144 Å². The summed E-state index contributed by atoms with van der Waals surface area (Å²) in [7, 11) is 0. The molecule has 1 aromatic heterocycles. The van der Waals surface area contributed by atoms with Gasteiger partial charge in [0, 0.05) is 68.1 Å². The Kier molecular flexibility index (Phi) is 14.6. The first kappa shape index (κ1) is 45.9. The predicted octanol–water partition coefficient (Wildman–Crippen LogP) is 7.03.